The number of carbonyl (C=O) groups is 1. The smallest absolute Gasteiger partial charge is 0.225 e. The molecule has 3 N–H and O–H groups in total. The van der Waals surface area contributed by atoms with Crippen molar-refractivity contribution >= 4 is 5.91 Å². The predicted molar refractivity (Wildman–Crippen MR) is 40.9 cm³/mol. The van der Waals surface area contributed by atoms with E-state index >= 15 is 0 Å². The highest BCUT2D eigenvalue weighted by Gasteiger charge is 2.01. The average Bonchev–Trinajstić information content (AvgIpc) is 2.34. The van der Waals surface area contributed by atoms with Crippen molar-refractivity contribution in [1.29, 1.82) is 0 Å². The van der Waals surface area contributed by atoms with Crippen molar-refractivity contribution in [2.24, 2.45) is 5.73 Å². The van der Waals surface area contributed by atoms with Gasteiger partial charge in [0.15, 0.2) is 0 Å². The van der Waals surface area contributed by atoms with E-state index < -0.39 is 0 Å². The van der Waals surface area contributed by atoms with Crippen LogP contribution in [0, 0.1) is 0 Å². The Hall–Kier alpha value is -1.32. The van der Waals surface area contributed by atoms with E-state index in [4.69, 9.17) is 5.73 Å². The summed E-state index contributed by atoms with van der Waals surface area (Å²) < 4.78 is 0. The molecule has 60 valence electrons. The van der Waals surface area contributed by atoms with Gasteiger partial charge in [-0.15, -0.1) is 0 Å². The van der Waals surface area contributed by atoms with E-state index in [-0.39, 0.29) is 12.3 Å². The van der Waals surface area contributed by atoms with E-state index in [0.717, 1.165) is 12.1 Å². The lowest BCUT2D eigenvalue weighted by atomic mass is 10.4. The number of amides is 1. The molecule has 1 rings (SSSR count). The molecule has 1 heterocycles. The molecule has 0 bridgehead atoms. The van der Waals surface area contributed by atoms with Gasteiger partial charge in [-0.25, -0.2) is 4.98 Å². The molecule has 0 atom stereocenters. The minimum atomic E-state index is -0.359. The molecule has 4 heteroatoms. The number of H-pyrrole nitrogens is 1. The largest absolute Gasteiger partial charge is 0.369 e. The summed E-state index contributed by atoms with van der Waals surface area (Å²) in [7, 11) is 0. The van der Waals surface area contributed by atoms with Crippen molar-refractivity contribution in [2.75, 3.05) is 0 Å². The van der Waals surface area contributed by atoms with Gasteiger partial charge in [0, 0.05) is 11.9 Å². The second kappa shape index (κ2) is 3.18. The SMILES string of the molecule is CCc1cnc(CC(N)=O)[nH]1. The van der Waals surface area contributed by atoms with E-state index in [1.54, 1.807) is 6.20 Å². The Morgan fingerprint density at radius 3 is 3.00 bits per heavy atom. The second-order valence-corrected chi connectivity index (χ2v) is 2.35. The molecule has 0 aliphatic heterocycles. The Morgan fingerprint density at radius 2 is 2.55 bits per heavy atom. The zero-order chi connectivity index (χ0) is 8.27. The fourth-order valence-corrected chi connectivity index (χ4v) is 0.840. The molecule has 11 heavy (non-hydrogen) atoms. The molecular formula is C7H11N3O. The Bertz CT molecular complexity index is 254. The van der Waals surface area contributed by atoms with Gasteiger partial charge in [0.25, 0.3) is 0 Å². The Morgan fingerprint density at radius 1 is 1.82 bits per heavy atom. The maximum Gasteiger partial charge on any atom is 0.225 e. The minimum Gasteiger partial charge on any atom is -0.369 e. The van der Waals surface area contributed by atoms with Crippen molar-refractivity contribution in [3.8, 4) is 0 Å². The molecule has 1 aromatic rings. The van der Waals surface area contributed by atoms with Crippen molar-refractivity contribution in [2.45, 2.75) is 19.8 Å². The fourth-order valence-electron chi connectivity index (χ4n) is 0.840. The molecular weight excluding hydrogens is 142 g/mol. The molecule has 0 aliphatic carbocycles. The number of carbonyl (C=O) groups excluding carboxylic acids is 1. The predicted octanol–water partition coefficient (Wildman–Crippen LogP) is -0.000100. The number of nitrogens with one attached hydrogen (secondary N) is 1. The zero-order valence-corrected chi connectivity index (χ0v) is 6.42. The van der Waals surface area contributed by atoms with E-state index in [2.05, 4.69) is 9.97 Å². The highest BCUT2D eigenvalue weighted by atomic mass is 16.1. The molecule has 0 saturated heterocycles. The van der Waals surface area contributed by atoms with Crippen LogP contribution in [0.25, 0.3) is 0 Å². The first-order chi connectivity index (χ1) is 5.22. The topological polar surface area (TPSA) is 71.8 Å². The summed E-state index contributed by atoms with van der Waals surface area (Å²) in [4.78, 5) is 17.4. The number of primary amides is 1. The van der Waals surface area contributed by atoms with Gasteiger partial charge in [0.05, 0.1) is 6.42 Å². The summed E-state index contributed by atoms with van der Waals surface area (Å²) >= 11 is 0. The number of aromatic amines is 1. The van der Waals surface area contributed by atoms with E-state index in [1.165, 1.54) is 0 Å². The fraction of sp³-hybridized carbons (Fsp3) is 0.429. The van der Waals surface area contributed by atoms with E-state index in [0.29, 0.717) is 5.82 Å². The number of nitrogens with zero attached hydrogens (tertiary/aromatic N) is 1. The lowest BCUT2D eigenvalue weighted by Gasteiger charge is -1.89. The van der Waals surface area contributed by atoms with E-state index in [1.807, 2.05) is 6.92 Å². The van der Waals surface area contributed by atoms with Crippen LogP contribution in [0.3, 0.4) is 0 Å². The van der Waals surface area contributed by atoms with Crippen molar-refractivity contribution in [3.63, 3.8) is 0 Å². The third-order valence-electron chi connectivity index (χ3n) is 1.40. The van der Waals surface area contributed by atoms with Gasteiger partial charge in [-0.3, -0.25) is 4.79 Å². The van der Waals surface area contributed by atoms with Crippen LogP contribution in [0.15, 0.2) is 6.20 Å². The summed E-state index contributed by atoms with van der Waals surface area (Å²) in [5.74, 6) is 0.288. The third-order valence-corrected chi connectivity index (χ3v) is 1.40. The summed E-state index contributed by atoms with van der Waals surface area (Å²) in [5.41, 5.74) is 6.01. The number of hydrogen-bond donors (Lipinski definition) is 2. The van der Waals surface area contributed by atoms with Crippen molar-refractivity contribution in [3.05, 3.63) is 17.7 Å². The maximum absolute atomic E-state index is 10.4. The van der Waals surface area contributed by atoms with Gasteiger partial charge in [-0.2, -0.15) is 0 Å². The summed E-state index contributed by atoms with van der Waals surface area (Å²) in [5, 5.41) is 0. The Labute approximate surface area is 64.8 Å². The van der Waals surface area contributed by atoms with Gasteiger partial charge < -0.3 is 10.7 Å². The van der Waals surface area contributed by atoms with Gasteiger partial charge >= 0.3 is 0 Å². The van der Waals surface area contributed by atoms with Crippen LogP contribution in [0.1, 0.15) is 18.4 Å². The van der Waals surface area contributed by atoms with Gasteiger partial charge in [-0.1, -0.05) is 6.92 Å². The lowest BCUT2D eigenvalue weighted by Crippen LogP contribution is -2.14. The number of aromatic nitrogens is 2. The van der Waals surface area contributed by atoms with Crippen LogP contribution in [0.5, 0.6) is 0 Å². The summed E-state index contributed by atoms with van der Waals surface area (Å²) in [6.45, 7) is 2.02. The van der Waals surface area contributed by atoms with Crippen molar-refractivity contribution < 1.29 is 4.79 Å². The molecule has 0 saturated carbocycles. The van der Waals surface area contributed by atoms with Crippen LogP contribution < -0.4 is 5.73 Å². The minimum absolute atomic E-state index is 0.194. The van der Waals surface area contributed by atoms with E-state index in [9.17, 15) is 4.79 Å². The molecule has 4 nitrogen and oxygen atoms in total. The molecule has 0 radical (unpaired) electrons. The molecule has 1 aromatic heterocycles. The standard InChI is InChI=1S/C7H11N3O/c1-2-5-4-9-7(10-5)3-6(8)11/h4H,2-3H2,1H3,(H2,8,11)(H,9,10). The Balaban J connectivity index is 2.65. The number of nitrogens with two attached hydrogens (primary N) is 1. The van der Waals surface area contributed by atoms with Crippen LogP contribution in [-0.4, -0.2) is 15.9 Å². The monoisotopic (exact) mass is 153 g/mol. The van der Waals surface area contributed by atoms with Crippen LogP contribution in [-0.2, 0) is 17.6 Å². The third kappa shape index (κ3) is 2.07. The first kappa shape index (κ1) is 7.78. The number of aryl methyl sites for hydroxylation is 1. The molecule has 1 amide bonds. The van der Waals surface area contributed by atoms with Gasteiger partial charge in [0.2, 0.25) is 5.91 Å². The number of hydrogen-bond acceptors (Lipinski definition) is 2. The molecule has 0 aromatic carbocycles. The maximum atomic E-state index is 10.4. The summed E-state index contributed by atoms with van der Waals surface area (Å²) in [6, 6.07) is 0. The molecule has 0 fully saturated rings. The number of rotatable bonds is 3. The van der Waals surface area contributed by atoms with Crippen LogP contribution in [0.4, 0.5) is 0 Å². The first-order valence-corrected chi connectivity index (χ1v) is 3.53. The van der Waals surface area contributed by atoms with Crippen LogP contribution >= 0.6 is 0 Å². The van der Waals surface area contributed by atoms with Crippen molar-refractivity contribution in [1.82, 2.24) is 9.97 Å². The average molecular weight is 153 g/mol. The van der Waals surface area contributed by atoms with Crippen LogP contribution in [0.2, 0.25) is 0 Å². The first-order valence-electron chi connectivity index (χ1n) is 3.53. The molecule has 0 unspecified atom stereocenters. The molecule has 0 spiro atoms. The van der Waals surface area contributed by atoms with Gasteiger partial charge in [0.1, 0.15) is 5.82 Å². The second-order valence-electron chi connectivity index (χ2n) is 2.35. The highest BCUT2D eigenvalue weighted by molar-refractivity contribution is 5.75. The molecule has 0 aliphatic rings. The quantitative estimate of drug-likeness (QED) is 0.641. The zero-order valence-electron chi connectivity index (χ0n) is 6.42. The normalized spacial score (nSPS) is 9.91. The highest BCUT2D eigenvalue weighted by Crippen LogP contribution is 1.97. The van der Waals surface area contributed by atoms with Gasteiger partial charge in [-0.05, 0) is 6.42 Å². The summed E-state index contributed by atoms with van der Waals surface area (Å²) in [6.07, 6.45) is 2.81. The Kier molecular flexibility index (Phi) is 2.25. The lowest BCUT2D eigenvalue weighted by molar-refractivity contribution is -0.117. The number of imidazole rings is 1.